The number of unbranched alkanes of at least 4 members (excludes halogenated alkanes) is 2. The highest BCUT2D eigenvalue weighted by atomic mass is 16.2. The molecular formula is C14H19NO2. The van der Waals surface area contributed by atoms with Crippen molar-refractivity contribution in [3.05, 3.63) is 42.1 Å². The lowest BCUT2D eigenvalue weighted by Crippen LogP contribution is -2.16. The summed E-state index contributed by atoms with van der Waals surface area (Å²) in [6.45, 7) is 0.204. The van der Waals surface area contributed by atoms with Crippen LogP contribution in [-0.4, -0.2) is 17.6 Å². The van der Waals surface area contributed by atoms with Gasteiger partial charge in [0.05, 0.1) is 0 Å². The summed E-state index contributed by atoms with van der Waals surface area (Å²) in [5.74, 6) is 0.0233. The van der Waals surface area contributed by atoms with Crippen LogP contribution in [0.1, 0.15) is 31.2 Å². The van der Waals surface area contributed by atoms with Crippen LogP contribution in [-0.2, 0) is 4.79 Å². The summed E-state index contributed by atoms with van der Waals surface area (Å²) >= 11 is 0. The van der Waals surface area contributed by atoms with Crippen LogP contribution in [0.3, 0.4) is 0 Å². The molecule has 0 bridgehead atoms. The van der Waals surface area contributed by atoms with E-state index in [1.807, 2.05) is 36.4 Å². The number of carbonyl (C=O) groups is 1. The van der Waals surface area contributed by atoms with Crippen LogP contribution >= 0.6 is 0 Å². The summed E-state index contributed by atoms with van der Waals surface area (Å²) in [6, 6.07) is 9.82. The molecule has 0 saturated carbocycles. The minimum atomic E-state index is 0.0233. The number of amides is 1. The van der Waals surface area contributed by atoms with Crippen molar-refractivity contribution >= 4 is 12.0 Å². The predicted octanol–water partition coefficient (Wildman–Crippen LogP) is 2.33. The van der Waals surface area contributed by atoms with Crippen LogP contribution in [0.2, 0.25) is 0 Å². The molecule has 17 heavy (non-hydrogen) atoms. The first-order valence-electron chi connectivity index (χ1n) is 5.95. The smallest absolute Gasteiger partial charge is 0.223 e. The Morgan fingerprint density at radius 2 is 1.94 bits per heavy atom. The van der Waals surface area contributed by atoms with E-state index in [0.29, 0.717) is 6.42 Å². The zero-order valence-corrected chi connectivity index (χ0v) is 9.93. The zero-order chi connectivity index (χ0) is 12.3. The maximum Gasteiger partial charge on any atom is 0.223 e. The Morgan fingerprint density at radius 3 is 2.65 bits per heavy atom. The molecule has 0 fully saturated rings. The molecule has 0 aliphatic carbocycles. The van der Waals surface area contributed by atoms with Crippen LogP contribution in [0.5, 0.6) is 0 Å². The molecule has 3 heteroatoms. The lowest BCUT2D eigenvalue weighted by molar-refractivity contribution is -0.120. The summed E-state index contributed by atoms with van der Waals surface area (Å²) in [6.07, 6.45) is 6.54. The zero-order valence-electron chi connectivity index (χ0n) is 9.93. The van der Waals surface area contributed by atoms with Crippen LogP contribution in [0.4, 0.5) is 0 Å². The standard InChI is InChI=1S/C14H19NO2/c16-12-6-2-5-9-14(17)15-11-10-13-7-3-1-4-8-13/h1,3-4,7-8,10-11,16H,2,5-6,9,12H2,(H,15,17). The molecule has 1 rings (SSSR count). The quantitative estimate of drug-likeness (QED) is 0.710. The highest BCUT2D eigenvalue weighted by Gasteiger charge is 1.97. The van der Waals surface area contributed by atoms with E-state index in [0.717, 1.165) is 24.8 Å². The van der Waals surface area contributed by atoms with Gasteiger partial charge in [-0.15, -0.1) is 0 Å². The van der Waals surface area contributed by atoms with Crippen molar-refractivity contribution in [2.45, 2.75) is 25.7 Å². The normalized spacial score (nSPS) is 10.6. The molecule has 0 atom stereocenters. The first-order chi connectivity index (χ1) is 8.33. The van der Waals surface area contributed by atoms with Gasteiger partial charge in [-0.3, -0.25) is 4.79 Å². The second-order valence-electron chi connectivity index (χ2n) is 3.85. The van der Waals surface area contributed by atoms with Gasteiger partial charge in [-0.05, 0) is 24.5 Å². The van der Waals surface area contributed by atoms with Crippen LogP contribution in [0.25, 0.3) is 6.08 Å². The van der Waals surface area contributed by atoms with Crippen molar-refractivity contribution in [2.24, 2.45) is 0 Å². The molecule has 0 radical (unpaired) electrons. The molecule has 0 heterocycles. The van der Waals surface area contributed by atoms with E-state index >= 15 is 0 Å². The topological polar surface area (TPSA) is 49.3 Å². The highest BCUT2D eigenvalue weighted by molar-refractivity contribution is 5.77. The number of carbonyl (C=O) groups excluding carboxylic acids is 1. The molecule has 1 aromatic rings. The minimum absolute atomic E-state index is 0.0233. The van der Waals surface area contributed by atoms with Gasteiger partial charge in [-0.2, -0.15) is 0 Å². The molecule has 0 spiro atoms. The number of aliphatic hydroxyl groups excluding tert-OH is 1. The molecule has 1 amide bonds. The fourth-order valence-corrected chi connectivity index (χ4v) is 1.44. The summed E-state index contributed by atoms with van der Waals surface area (Å²) in [5, 5.41) is 11.3. The van der Waals surface area contributed by atoms with E-state index in [9.17, 15) is 4.79 Å². The third-order valence-corrected chi connectivity index (χ3v) is 2.38. The van der Waals surface area contributed by atoms with E-state index < -0.39 is 0 Å². The van der Waals surface area contributed by atoms with Crippen molar-refractivity contribution in [1.29, 1.82) is 0 Å². The maximum atomic E-state index is 11.4. The second-order valence-corrected chi connectivity index (χ2v) is 3.85. The van der Waals surface area contributed by atoms with Gasteiger partial charge < -0.3 is 10.4 Å². The number of nitrogens with one attached hydrogen (secondary N) is 1. The minimum Gasteiger partial charge on any atom is -0.396 e. The van der Waals surface area contributed by atoms with Gasteiger partial charge in [0.1, 0.15) is 0 Å². The Bertz CT molecular complexity index is 346. The molecule has 2 N–H and O–H groups in total. The van der Waals surface area contributed by atoms with Crippen LogP contribution in [0.15, 0.2) is 36.5 Å². The Balaban J connectivity index is 2.17. The van der Waals surface area contributed by atoms with Crippen LogP contribution in [0, 0.1) is 0 Å². The summed E-state index contributed by atoms with van der Waals surface area (Å²) in [4.78, 5) is 11.4. The van der Waals surface area contributed by atoms with Crippen molar-refractivity contribution in [3.63, 3.8) is 0 Å². The number of benzene rings is 1. The third-order valence-electron chi connectivity index (χ3n) is 2.38. The predicted molar refractivity (Wildman–Crippen MR) is 69.2 cm³/mol. The fraction of sp³-hybridized carbons (Fsp3) is 0.357. The molecule has 0 aromatic heterocycles. The van der Waals surface area contributed by atoms with E-state index in [1.165, 1.54) is 0 Å². The van der Waals surface area contributed by atoms with E-state index in [1.54, 1.807) is 6.20 Å². The summed E-state index contributed by atoms with van der Waals surface area (Å²) in [5.41, 5.74) is 1.06. The average molecular weight is 233 g/mol. The molecule has 0 saturated heterocycles. The fourth-order valence-electron chi connectivity index (χ4n) is 1.44. The van der Waals surface area contributed by atoms with E-state index in [-0.39, 0.29) is 12.5 Å². The Labute approximate surface area is 102 Å². The Hall–Kier alpha value is -1.61. The second kappa shape index (κ2) is 8.53. The number of rotatable bonds is 7. The molecular weight excluding hydrogens is 214 g/mol. The highest BCUT2D eigenvalue weighted by Crippen LogP contribution is 2.01. The third kappa shape index (κ3) is 6.53. The molecule has 0 aliphatic rings. The first kappa shape index (κ1) is 13.5. The largest absolute Gasteiger partial charge is 0.396 e. The number of hydrogen-bond donors (Lipinski definition) is 2. The van der Waals surface area contributed by atoms with E-state index in [2.05, 4.69) is 5.32 Å². The first-order valence-corrected chi connectivity index (χ1v) is 5.95. The molecule has 0 unspecified atom stereocenters. The lowest BCUT2D eigenvalue weighted by atomic mass is 10.2. The van der Waals surface area contributed by atoms with Crippen molar-refractivity contribution < 1.29 is 9.90 Å². The Kier molecular flexibility index (Phi) is 6.75. The van der Waals surface area contributed by atoms with Gasteiger partial charge in [-0.25, -0.2) is 0 Å². The van der Waals surface area contributed by atoms with Gasteiger partial charge in [0.25, 0.3) is 0 Å². The maximum absolute atomic E-state index is 11.4. The monoisotopic (exact) mass is 233 g/mol. The van der Waals surface area contributed by atoms with Crippen LogP contribution < -0.4 is 5.32 Å². The van der Waals surface area contributed by atoms with E-state index in [4.69, 9.17) is 5.11 Å². The van der Waals surface area contributed by atoms with Gasteiger partial charge in [0, 0.05) is 19.2 Å². The molecule has 92 valence electrons. The van der Waals surface area contributed by atoms with Crippen molar-refractivity contribution in [3.8, 4) is 0 Å². The number of hydrogen-bond acceptors (Lipinski definition) is 2. The van der Waals surface area contributed by atoms with Crippen molar-refractivity contribution in [2.75, 3.05) is 6.61 Å². The molecule has 1 aromatic carbocycles. The van der Waals surface area contributed by atoms with Gasteiger partial charge in [0.2, 0.25) is 5.91 Å². The van der Waals surface area contributed by atoms with Gasteiger partial charge >= 0.3 is 0 Å². The summed E-state index contributed by atoms with van der Waals surface area (Å²) < 4.78 is 0. The van der Waals surface area contributed by atoms with Gasteiger partial charge in [-0.1, -0.05) is 36.8 Å². The number of aliphatic hydroxyl groups is 1. The molecule has 0 aliphatic heterocycles. The SMILES string of the molecule is O=C(CCCCCO)NC=Cc1ccccc1. The molecule has 3 nitrogen and oxygen atoms in total. The Morgan fingerprint density at radius 1 is 1.18 bits per heavy atom. The van der Waals surface area contributed by atoms with Crippen molar-refractivity contribution in [1.82, 2.24) is 5.32 Å². The lowest BCUT2D eigenvalue weighted by Gasteiger charge is -1.99. The average Bonchev–Trinajstić information content (AvgIpc) is 2.36. The van der Waals surface area contributed by atoms with Gasteiger partial charge in [0.15, 0.2) is 0 Å². The summed E-state index contributed by atoms with van der Waals surface area (Å²) in [7, 11) is 0.